The van der Waals surface area contributed by atoms with Gasteiger partial charge < -0.3 is 26.0 Å². The van der Waals surface area contributed by atoms with Crippen molar-refractivity contribution >= 4 is 57.4 Å². The average molecular weight is 614 g/mol. The number of nitrogens with one attached hydrogen (secondary N) is 4. The van der Waals surface area contributed by atoms with Gasteiger partial charge in [0.05, 0.1) is 36.1 Å². The lowest BCUT2D eigenvalue weighted by Crippen LogP contribution is -2.60. The van der Waals surface area contributed by atoms with Crippen molar-refractivity contribution in [2.24, 2.45) is 5.41 Å². The van der Waals surface area contributed by atoms with E-state index in [2.05, 4.69) is 31.2 Å². The molecule has 43 heavy (non-hydrogen) atoms. The lowest BCUT2D eigenvalue weighted by Gasteiger charge is -2.36. The highest BCUT2D eigenvalue weighted by molar-refractivity contribution is 6.30. The lowest BCUT2D eigenvalue weighted by atomic mass is 9.85. The number of anilines is 3. The van der Waals surface area contributed by atoms with E-state index in [-0.39, 0.29) is 28.0 Å². The number of rotatable bonds is 9. The van der Waals surface area contributed by atoms with E-state index in [1.54, 1.807) is 26.1 Å². The van der Waals surface area contributed by atoms with Gasteiger partial charge in [-0.25, -0.2) is 19.3 Å². The molecular formula is C30H37ClFN7O4. The number of hydrogen-bond donors (Lipinski definition) is 4. The van der Waals surface area contributed by atoms with Crippen LogP contribution in [-0.4, -0.2) is 66.5 Å². The van der Waals surface area contributed by atoms with Crippen LogP contribution in [0.2, 0.25) is 5.02 Å². The third kappa shape index (κ3) is 7.03. The summed E-state index contributed by atoms with van der Waals surface area (Å²) in [5.41, 5.74) is -0.0864. The summed E-state index contributed by atoms with van der Waals surface area (Å²) in [6, 6.07) is 5.06. The summed E-state index contributed by atoms with van der Waals surface area (Å²) in [4.78, 5) is 51.2. The van der Waals surface area contributed by atoms with Crippen molar-refractivity contribution in [2.45, 2.75) is 58.7 Å². The Morgan fingerprint density at radius 2 is 1.93 bits per heavy atom. The Hall–Kier alpha value is -3.87. The zero-order chi connectivity index (χ0) is 31.5. The molecule has 0 saturated carbocycles. The Morgan fingerprint density at radius 1 is 1.19 bits per heavy atom. The first-order valence-corrected chi connectivity index (χ1v) is 14.4. The van der Waals surface area contributed by atoms with E-state index >= 15 is 0 Å². The van der Waals surface area contributed by atoms with Crippen LogP contribution in [0.25, 0.3) is 10.9 Å². The van der Waals surface area contributed by atoms with Crippen molar-refractivity contribution in [2.75, 3.05) is 30.9 Å². The zero-order valence-corrected chi connectivity index (χ0v) is 25.8. The number of carbonyl (C=O) groups is 3. The van der Waals surface area contributed by atoms with Crippen LogP contribution in [-0.2, 0) is 14.4 Å². The minimum atomic E-state index is -1.07. The Labute approximate surface area is 254 Å². The maximum Gasteiger partial charge on any atom is 0.257 e. The second-order valence-electron chi connectivity index (χ2n) is 11.5. The molecule has 3 amide bonds. The molecule has 0 radical (unpaired) electrons. The van der Waals surface area contributed by atoms with Gasteiger partial charge >= 0.3 is 0 Å². The van der Waals surface area contributed by atoms with Crippen LogP contribution in [0.5, 0.6) is 5.75 Å². The van der Waals surface area contributed by atoms with Crippen LogP contribution in [0, 0.1) is 11.2 Å². The van der Waals surface area contributed by atoms with Crippen LogP contribution >= 0.6 is 11.6 Å². The van der Waals surface area contributed by atoms with Crippen molar-refractivity contribution in [3.63, 3.8) is 0 Å². The SMILES string of the molecule is CN[C@@H](C)C(=O)N[C@H](C(=O)N(C(=O)[C@@H]1CCCN1)c1cc2c(Nc3ccc(Cl)cc3F)ncnc2cc1OC)C(C)(C)C. The number of methoxy groups -OCH3 is 1. The van der Waals surface area contributed by atoms with E-state index < -0.39 is 47.1 Å². The van der Waals surface area contributed by atoms with Crippen molar-refractivity contribution < 1.29 is 23.5 Å². The van der Waals surface area contributed by atoms with Gasteiger partial charge in [-0.3, -0.25) is 14.4 Å². The summed E-state index contributed by atoms with van der Waals surface area (Å²) in [6.45, 7) is 7.73. The Bertz CT molecular complexity index is 1520. The highest BCUT2D eigenvalue weighted by atomic mass is 35.5. The molecule has 0 unspecified atom stereocenters. The lowest BCUT2D eigenvalue weighted by molar-refractivity contribution is -0.134. The molecule has 1 fully saturated rings. The first-order valence-electron chi connectivity index (χ1n) is 14.0. The van der Waals surface area contributed by atoms with Crippen molar-refractivity contribution in [1.29, 1.82) is 0 Å². The summed E-state index contributed by atoms with van der Waals surface area (Å²) >= 11 is 5.92. The molecule has 230 valence electrons. The topological polar surface area (TPSA) is 138 Å². The molecule has 0 bridgehead atoms. The van der Waals surface area contributed by atoms with Gasteiger partial charge in [-0.15, -0.1) is 0 Å². The number of imide groups is 1. The van der Waals surface area contributed by atoms with E-state index in [9.17, 15) is 18.8 Å². The molecule has 11 nitrogen and oxygen atoms in total. The molecule has 13 heteroatoms. The summed E-state index contributed by atoms with van der Waals surface area (Å²) in [6.07, 6.45) is 2.61. The first kappa shape index (κ1) is 32.1. The number of fused-ring (bicyclic) bond motifs is 1. The number of nitrogens with zero attached hydrogens (tertiary/aromatic N) is 3. The summed E-state index contributed by atoms with van der Waals surface area (Å²) in [7, 11) is 3.07. The van der Waals surface area contributed by atoms with E-state index in [1.807, 2.05) is 20.8 Å². The largest absolute Gasteiger partial charge is 0.494 e. The number of likely N-dealkylation sites (N-methyl/N-ethyl adjacent to an activating group) is 1. The third-order valence-electron chi connectivity index (χ3n) is 7.39. The summed E-state index contributed by atoms with van der Waals surface area (Å²) in [5, 5.41) is 12.5. The summed E-state index contributed by atoms with van der Waals surface area (Å²) < 4.78 is 20.4. The molecule has 0 spiro atoms. The van der Waals surface area contributed by atoms with E-state index in [0.29, 0.717) is 23.9 Å². The normalized spacial score (nSPS) is 16.4. The van der Waals surface area contributed by atoms with Gasteiger partial charge in [-0.1, -0.05) is 32.4 Å². The van der Waals surface area contributed by atoms with Crippen LogP contribution in [0.1, 0.15) is 40.5 Å². The molecule has 4 N–H and O–H groups in total. The van der Waals surface area contributed by atoms with Crippen molar-refractivity contribution in [1.82, 2.24) is 25.9 Å². The summed E-state index contributed by atoms with van der Waals surface area (Å²) in [5.74, 6) is -1.66. The van der Waals surface area contributed by atoms with Gasteiger partial charge in [0.25, 0.3) is 11.8 Å². The van der Waals surface area contributed by atoms with E-state index in [1.165, 1.54) is 31.6 Å². The van der Waals surface area contributed by atoms with E-state index in [4.69, 9.17) is 16.3 Å². The number of hydrogen-bond acceptors (Lipinski definition) is 9. The number of halogens is 2. The molecule has 1 aromatic heterocycles. The third-order valence-corrected chi connectivity index (χ3v) is 7.62. The quantitative estimate of drug-likeness (QED) is 0.283. The standard InChI is InChI=1S/C30H37ClFN7O4/c1-16(33-5)27(40)38-25(30(2,3)4)29(42)39(28(41)21-8-7-11-34-21)23-13-18-22(14-24(23)43-6)35-15-36-26(18)37-20-10-9-17(31)12-19(20)32/h9-10,12-16,21,25,33-34H,7-8,11H2,1-6H3,(H,38,40)(H,35,36,37)/t16-,21-,25+/m0/s1. The van der Waals surface area contributed by atoms with Crippen LogP contribution in [0.4, 0.5) is 21.6 Å². The average Bonchev–Trinajstić information content (AvgIpc) is 3.51. The molecule has 2 heterocycles. The molecule has 2 aromatic carbocycles. The fraction of sp³-hybridized carbons (Fsp3) is 0.433. The number of carbonyl (C=O) groups excluding carboxylic acids is 3. The van der Waals surface area contributed by atoms with Crippen LogP contribution < -0.4 is 30.9 Å². The van der Waals surface area contributed by atoms with Crippen molar-refractivity contribution in [3.8, 4) is 5.75 Å². The Balaban J connectivity index is 1.88. The van der Waals surface area contributed by atoms with Gasteiger partial charge in [-0.05, 0) is 63.0 Å². The maximum absolute atomic E-state index is 14.7. The van der Waals surface area contributed by atoms with Gasteiger partial charge in [0.15, 0.2) is 0 Å². The van der Waals surface area contributed by atoms with Gasteiger partial charge in [0.2, 0.25) is 5.91 Å². The fourth-order valence-electron chi connectivity index (χ4n) is 4.80. The molecule has 3 aromatic rings. The predicted octanol–water partition coefficient (Wildman–Crippen LogP) is 3.92. The van der Waals surface area contributed by atoms with Gasteiger partial charge in [0, 0.05) is 16.5 Å². The fourth-order valence-corrected chi connectivity index (χ4v) is 4.96. The first-order chi connectivity index (χ1) is 20.3. The second-order valence-corrected chi connectivity index (χ2v) is 11.9. The molecule has 3 atom stereocenters. The predicted molar refractivity (Wildman–Crippen MR) is 164 cm³/mol. The molecule has 0 aliphatic carbocycles. The van der Waals surface area contributed by atoms with Gasteiger partial charge in [0.1, 0.15) is 29.8 Å². The Morgan fingerprint density at radius 3 is 2.53 bits per heavy atom. The number of benzene rings is 2. The molecular weight excluding hydrogens is 577 g/mol. The second kappa shape index (κ2) is 13.2. The monoisotopic (exact) mass is 613 g/mol. The van der Waals surface area contributed by atoms with E-state index in [0.717, 1.165) is 11.3 Å². The molecule has 4 rings (SSSR count). The molecule has 1 aliphatic rings. The van der Waals surface area contributed by atoms with Crippen molar-refractivity contribution in [3.05, 3.63) is 47.5 Å². The molecule has 1 saturated heterocycles. The number of aromatic nitrogens is 2. The number of ether oxygens (including phenoxy) is 1. The highest BCUT2D eigenvalue weighted by Crippen LogP contribution is 2.38. The highest BCUT2D eigenvalue weighted by Gasteiger charge is 2.42. The number of amides is 3. The van der Waals surface area contributed by atoms with Crippen LogP contribution in [0.3, 0.4) is 0 Å². The molecule has 1 aliphatic heterocycles. The maximum atomic E-state index is 14.7. The zero-order valence-electron chi connectivity index (χ0n) is 25.0. The minimum Gasteiger partial charge on any atom is -0.494 e. The minimum absolute atomic E-state index is 0.120. The van der Waals surface area contributed by atoms with Gasteiger partial charge in [-0.2, -0.15) is 0 Å². The Kier molecular flexibility index (Phi) is 9.83. The smallest absolute Gasteiger partial charge is 0.257 e. The van der Waals surface area contributed by atoms with Crippen LogP contribution in [0.15, 0.2) is 36.7 Å².